The zero-order chi connectivity index (χ0) is 29.8. The molecule has 4 heterocycles. The van der Waals surface area contributed by atoms with Gasteiger partial charge in [0.25, 0.3) is 0 Å². The molecule has 220 valence electrons. The highest BCUT2D eigenvalue weighted by Gasteiger charge is 2.26. The molecule has 0 unspecified atom stereocenters. The van der Waals surface area contributed by atoms with Gasteiger partial charge in [-0.1, -0.05) is 49.4 Å². The summed E-state index contributed by atoms with van der Waals surface area (Å²) in [5, 5.41) is 24.5. The molecule has 12 heteroatoms. The Morgan fingerprint density at radius 2 is 1.79 bits per heavy atom. The molecule has 43 heavy (non-hydrogen) atoms. The Labute approximate surface area is 248 Å². The van der Waals surface area contributed by atoms with Crippen molar-refractivity contribution in [2.24, 2.45) is 0 Å². The largest absolute Gasteiger partial charge is 0.477 e. The summed E-state index contributed by atoms with van der Waals surface area (Å²) in [5.41, 5.74) is 3.15. The zero-order valence-corrected chi connectivity index (χ0v) is 23.8. The summed E-state index contributed by atoms with van der Waals surface area (Å²) >= 11 is 0. The van der Waals surface area contributed by atoms with E-state index in [0.29, 0.717) is 41.4 Å². The number of pyridine rings is 1. The number of piperazine rings is 1. The molecule has 2 N–H and O–H groups in total. The van der Waals surface area contributed by atoms with Gasteiger partial charge in [0.05, 0.1) is 12.2 Å². The molecule has 5 aromatic rings. The monoisotopic (exact) mass is 581 g/mol. The summed E-state index contributed by atoms with van der Waals surface area (Å²) in [4.78, 5) is 26.3. The number of hydrogen-bond acceptors (Lipinski definition) is 8. The summed E-state index contributed by atoms with van der Waals surface area (Å²) < 4.78 is 17.3. The van der Waals surface area contributed by atoms with E-state index in [2.05, 4.69) is 35.4 Å². The maximum Gasteiger partial charge on any atom is 0.354 e. The molecule has 11 nitrogen and oxygen atoms in total. The van der Waals surface area contributed by atoms with Gasteiger partial charge in [-0.05, 0) is 41.0 Å². The second kappa shape index (κ2) is 12.5. The summed E-state index contributed by atoms with van der Waals surface area (Å²) in [5.74, 6) is 0.504. The SMILES string of the molecule is CCCc1nc(CN2CCN(c3ccccn3)CC2)c(C(=O)O)n1Cc1ccc(-c2ccccc2-c2nn[nH]n2)cc1F. The van der Waals surface area contributed by atoms with Crippen molar-refractivity contribution in [3.05, 3.63) is 95.5 Å². The third kappa shape index (κ3) is 6.00. The Morgan fingerprint density at radius 3 is 2.47 bits per heavy atom. The van der Waals surface area contributed by atoms with Crippen molar-refractivity contribution >= 4 is 11.8 Å². The van der Waals surface area contributed by atoms with Crippen molar-refractivity contribution in [3.63, 3.8) is 0 Å². The molecule has 0 saturated carbocycles. The van der Waals surface area contributed by atoms with E-state index in [1.54, 1.807) is 16.8 Å². The third-order valence-corrected chi connectivity index (χ3v) is 7.72. The molecule has 0 amide bonds. The molecule has 6 rings (SSSR count). The minimum atomic E-state index is -1.07. The van der Waals surface area contributed by atoms with Crippen LogP contribution < -0.4 is 4.90 Å². The van der Waals surface area contributed by atoms with Crippen LogP contribution in [-0.2, 0) is 19.5 Å². The first kappa shape index (κ1) is 28.2. The number of carboxylic acid groups (broad SMARTS) is 1. The number of aromatic carboxylic acids is 1. The van der Waals surface area contributed by atoms with Crippen LogP contribution in [0.5, 0.6) is 0 Å². The normalized spacial score (nSPS) is 13.9. The van der Waals surface area contributed by atoms with E-state index in [1.807, 2.05) is 55.5 Å². The van der Waals surface area contributed by atoms with Crippen molar-refractivity contribution in [2.75, 3.05) is 31.1 Å². The predicted molar refractivity (Wildman–Crippen MR) is 159 cm³/mol. The van der Waals surface area contributed by atoms with E-state index in [9.17, 15) is 9.90 Å². The molecule has 1 fully saturated rings. The lowest BCUT2D eigenvalue weighted by Gasteiger charge is -2.35. The number of imidazole rings is 1. The first-order valence-corrected chi connectivity index (χ1v) is 14.3. The molecule has 0 spiro atoms. The fourth-order valence-electron chi connectivity index (χ4n) is 5.59. The van der Waals surface area contributed by atoms with Crippen LogP contribution in [0.4, 0.5) is 10.2 Å². The van der Waals surface area contributed by atoms with Crippen molar-refractivity contribution in [3.8, 4) is 22.5 Å². The first-order valence-electron chi connectivity index (χ1n) is 14.3. The van der Waals surface area contributed by atoms with E-state index >= 15 is 4.39 Å². The fourth-order valence-corrected chi connectivity index (χ4v) is 5.59. The highest BCUT2D eigenvalue weighted by molar-refractivity contribution is 5.87. The summed E-state index contributed by atoms with van der Waals surface area (Å²) in [6, 6.07) is 18.3. The number of benzene rings is 2. The van der Waals surface area contributed by atoms with Gasteiger partial charge in [-0.2, -0.15) is 5.21 Å². The topological polar surface area (TPSA) is 129 Å². The Balaban J connectivity index is 1.25. The van der Waals surface area contributed by atoms with Crippen molar-refractivity contribution in [1.82, 2.24) is 40.1 Å². The van der Waals surface area contributed by atoms with Gasteiger partial charge < -0.3 is 14.6 Å². The lowest BCUT2D eigenvalue weighted by Crippen LogP contribution is -2.46. The van der Waals surface area contributed by atoms with Gasteiger partial charge in [-0.15, -0.1) is 10.2 Å². The van der Waals surface area contributed by atoms with E-state index in [4.69, 9.17) is 4.98 Å². The summed E-state index contributed by atoms with van der Waals surface area (Å²) in [6.45, 7) is 5.59. The summed E-state index contributed by atoms with van der Waals surface area (Å²) in [6.07, 6.45) is 3.16. The average molecular weight is 582 g/mol. The van der Waals surface area contributed by atoms with Crippen LogP contribution in [0, 0.1) is 5.82 Å². The number of rotatable bonds is 10. The highest BCUT2D eigenvalue weighted by atomic mass is 19.1. The van der Waals surface area contributed by atoms with Gasteiger partial charge in [0.2, 0.25) is 5.82 Å². The minimum absolute atomic E-state index is 0.0655. The Morgan fingerprint density at radius 1 is 1.00 bits per heavy atom. The first-order chi connectivity index (χ1) is 21.0. The molecule has 1 saturated heterocycles. The van der Waals surface area contributed by atoms with Crippen LogP contribution in [0.3, 0.4) is 0 Å². The van der Waals surface area contributed by atoms with Crippen molar-refractivity contribution in [1.29, 1.82) is 0 Å². The molecule has 3 aromatic heterocycles. The number of carboxylic acids is 1. The van der Waals surface area contributed by atoms with Crippen molar-refractivity contribution < 1.29 is 14.3 Å². The molecular weight excluding hydrogens is 549 g/mol. The molecule has 0 atom stereocenters. The Hall–Kier alpha value is -4.97. The van der Waals surface area contributed by atoms with Gasteiger partial charge in [0, 0.05) is 56.5 Å². The third-order valence-electron chi connectivity index (χ3n) is 7.72. The number of nitrogens with one attached hydrogen (secondary N) is 1. The molecule has 2 aromatic carbocycles. The molecule has 0 radical (unpaired) electrons. The van der Waals surface area contributed by atoms with E-state index in [-0.39, 0.29) is 12.2 Å². The number of tetrazole rings is 1. The van der Waals surface area contributed by atoms with Gasteiger partial charge in [-0.25, -0.2) is 19.2 Å². The number of anilines is 1. The average Bonchev–Trinajstić information content (AvgIpc) is 3.68. The number of nitrogens with zero attached hydrogens (tertiary/aromatic N) is 8. The van der Waals surface area contributed by atoms with Crippen LogP contribution >= 0.6 is 0 Å². The number of H-pyrrole nitrogens is 1. The molecule has 0 bridgehead atoms. The maximum absolute atomic E-state index is 15.7. The van der Waals surface area contributed by atoms with Crippen LogP contribution in [0.2, 0.25) is 0 Å². The predicted octanol–water partition coefficient (Wildman–Crippen LogP) is 4.29. The number of aromatic amines is 1. The Kier molecular flexibility index (Phi) is 8.18. The van der Waals surface area contributed by atoms with Gasteiger partial charge in [0.1, 0.15) is 17.5 Å². The molecule has 0 aliphatic carbocycles. The number of carbonyl (C=O) groups is 1. The minimum Gasteiger partial charge on any atom is -0.477 e. The number of halogens is 1. The second-order valence-corrected chi connectivity index (χ2v) is 10.5. The number of aromatic nitrogens is 7. The highest BCUT2D eigenvalue weighted by Crippen LogP contribution is 2.31. The maximum atomic E-state index is 15.7. The standard InChI is InChI=1S/C31H32FN9O2/c1-2-7-28-34-26(20-39-14-16-40(17-15-39)27-10-5-6-13-33-27)29(31(42)43)41(28)19-22-12-11-21(18-25(22)32)23-8-3-4-9-24(23)30-35-37-38-36-30/h3-6,8-13,18H,2,7,14-17,19-20H2,1H3,(H,42,43)(H,35,36,37,38). The molecular formula is C31H32FN9O2. The number of hydrogen-bond donors (Lipinski definition) is 2. The lowest BCUT2D eigenvalue weighted by molar-refractivity contribution is 0.0682. The second-order valence-electron chi connectivity index (χ2n) is 10.5. The van der Waals surface area contributed by atoms with Crippen LogP contribution in [0.25, 0.3) is 22.5 Å². The molecule has 1 aliphatic heterocycles. The smallest absolute Gasteiger partial charge is 0.354 e. The van der Waals surface area contributed by atoms with E-state index in [1.165, 1.54) is 6.07 Å². The van der Waals surface area contributed by atoms with Gasteiger partial charge in [-0.3, -0.25) is 4.90 Å². The van der Waals surface area contributed by atoms with E-state index < -0.39 is 11.8 Å². The number of aryl methyl sites for hydroxylation is 1. The molecule has 1 aliphatic rings. The van der Waals surface area contributed by atoms with E-state index in [0.717, 1.165) is 49.5 Å². The Bertz CT molecular complexity index is 1700. The van der Waals surface area contributed by atoms with Gasteiger partial charge >= 0.3 is 5.97 Å². The zero-order valence-electron chi connectivity index (χ0n) is 23.8. The quantitative estimate of drug-likeness (QED) is 0.248. The fraction of sp³-hybridized carbons (Fsp3) is 0.290. The van der Waals surface area contributed by atoms with Crippen LogP contribution in [-0.4, -0.2) is 77.3 Å². The summed E-state index contributed by atoms with van der Waals surface area (Å²) in [7, 11) is 0. The van der Waals surface area contributed by atoms with Gasteiger partial charge in [0.15, 0.2) is 5.69 Å². The van der Waals surface area contributed by atoms with Crippen LogP contribution in [0.15, 0.2) is 66.9 Å². The van der Waals surface area contributed by atoms with Crippen LogP contribution in [0.1, 0.15) is 40.9 Å². The lowest BCUT2D eigenvalue weighted by atomic mass is 9.98. The van der Waals surface area contributed by atoms with Crippen molar-refractivity contribution in [2.45, 2.75) is 32.9 Å².